The van der Waals surface area contributed by atoms with Crippen molar-refractivity contribution >= 4 is 0 Å². The van der Waals surface area contributed by atoms with Gasteiger partial charge in [0.1, 0.15) is 0 Å². The molecule has 0 nitrogen and oxygen atoms in total. The van der Waals surface area contributed by atoms with E-state index in [0.29, 0.717) is 27.1 Å². The second-order valence-corrected chi connectivity index (χ2v) is 15.9. The lowest BCUT2D eigenvalue weighted by Gasteiger charge is -2.61. The molecule has 0 saturated heterocycles. The van der Waals surface area contributed by atoms with Gasteiger partial charge in [0.05, 0.1) is 0 Å². The molecule has 1 aliphatic rings. The van der Waals surface area contributed by atoms with Crippen molar-refractivity contribution in [1.82, 2.24) is 0 Å². The van der Waals surface area contributed by atoms with Gasteiger partial charge in [-0.2, -0.15) is 0 Å². The minimum Gasteiger partial charge on any atom is -0.0654 e. The molecule has 0 bridgehead atoms. The largest absolute Gasteiger partial charge is 0.0654 e. The molecule has 0 N–H and O–H groups in total. The molecule has 1 fully saturated rings. The lowest BCUT2D eigenvalue weighted by atomic mass is 9.43. The molecule has 2 unspecified atom stereocenters. The minimum atomic E-state index is 0.319. The van der Waals surface area contributed by atoms with Crippen molar-refractivity contribution < 1.29 is 0 Å². The highest BCUT2D eigenvalue weighted by molar-refractivity contribution is 5.05. The van der Waals surface area contributed by atoms with Crippen LogP contribution in [-0.2, 0) is 0 Å². The zero-order valence-corrected chi connectivity index (χ0v) is 27.5. The van der Waals surface area contributed by atoms with Crippen LogP contribution < -0.4 is 0 Å². The summed E-state index contributed by atoms with van der Waals surface area (Å²) >= 11 is 0. The average Bonchev–Trinajstić information content (AvgIpc) is 2.76. The Morgan fingerprint density at radius 2 is 1.03 bits per heavy atom. The Hall–Kier alpha value is 0. The highest BCUT2D eigenvalue weighted by atomic mass is 14.6. The van der Waals surface area contributed by atoms with E-state index >= 15 is 0 Å². The molecule has 1 aliphatic carbocycles. The summed E-state index contributed by atoms with van der Waals surface area (Å²) in [5.41, 5.74) is 2.00. The second kappa shape index (κ2) is 15.0. The topological polar surface area (TPSA) is 0 Å². The van der Waals surface area contributed by atoms with Crippen LogP contribution in [0.15, 0.2) is 0 Å². The van der Waals surface area contributed by atoms with E-state index in [1.54, 1.807) is 0 Å². The predicted octanol–water partition coefficient (Wildman–Crippen LogP) is 13.2. The molecule has 0 heteroatoms. The smallest absolute Gasteiger partial charge is 0.0244 e. The van der Waals surface area contributed by atoms with Crippen molar-refractivity contribution in [2.75, 3.05) is 0 Å². The maximum Gasteiger partial charge on any atom is -0.0244 e. The van der Waals surface area contributed by atoms with E-state index in [2.05, 4.69) is 76.2 Å². The van der Waals surface area contributed by atoms with E-state index in [9.17, 15) is 0 Å². The van der Waals surface area contributed by atoms with Gasteiger partial charge in [0, 0.05) is 0 Å². The molecule has 216 valence electrons. The first-order valence-electron chi connectivity index (χ1n) is 16.7. The van der Waals surface area contributed by atoms with Crippen LogP contribution >= 0.6 is 0 Å². The highest BCUT2D eigenvalue weighted by Gasteiger charge is 2.56. The average molecular weight is 505 g/mol. The van der Waals surface area contributed by atoms with Gasteiger partial charge in [-0.1, -0.05) is 160 Å². The fourth-order valence-electron chi connectivity index (χ4n) is 8.45. The summed E-state index contributed by atoms with van der Waals surface area (Å²) in [6.07, 6.45) is 26.8. The third-order valence-corrected chi connectivity index (χ3v) is 12.1. The summed E-state index contributed by atoms with van der Waals surface area (Å²) in [7, 11) is 0. The van der Waals surface area contributed by atoms with Gasteiger partial charge in [-0.15, -0.1) is 0 Å². The summed E-state index contributed by atoms with van der Waals surface area (Å²) in [6, 6.07) is 0. The van der Waals surface area contributed by atoms with E-state index in [4.69, 9.17) is 0 Å². The SMILES string of the molecule is CCCC(C)(CCC)C(C)(C)C(C)(C)C1(C)CCCCCCCC(C)CC(C)(C)CCCCCCC1. The van der Waals surface area contributed by atoms with E-state index in [1.165, 1.54) is 122 Å². The Kier molecular flexibility index (Phi) is 14.1. The Morgan fingerprint density at radius 1 is 0.611 bits per heavy atom. The monoisotopic (exact) mass is 505 g/mol. The van der Waals surface area contributed by atoms with Gasteiger partial charge in [-0.25, -0.2) is 0 Å². The van der Waals surface area contributed by atoms with Gasteiger partial charge < -0.3 is 0 Å². The summed E-state index contributed by atoms with van der Waals surface area (Å²) in [4.78, 5) is 0. The molecule has 1 rings (SSSR count). The molecule has 0 aliphatic heterocycles. The molecule has 0 amide bonds. The molecule has 0 aromatic carbocycles. The van der Waals surface area contributed by atoms with Gasteiger partial charge in [-0.3, -0.25) is 0 Å². The van der Waals surface area contributed by atoms with Crippen LogP contribution in [0.3, 0.4) is 0 Å². The fraction of sp³-hybridized carbons (Fsp3) is 1.00. The van der Waals surface area contributed by atoms with Crippen LogP contribution in [0.5, 0.6) is 0 Å². The highest BCUT2D eigenvalue weighted by Crippen LogP contribution is 2.64. The third kappa shape index (κ3) is 9.33. The lowest BCUT2D eigenvalue weighted by Crippen LogP contribution is -2.53. The fourth-order valence-corrected chi connectivity index (χ4v) is 8.45. The van der Waals surface area contributed by atoms with Crippen molar-refractivity contribution in [2.24, 2.45) is 33.0 Å². The van der Waals surface area contributed by atoms with Gasteiger partial charge in [0.25, 0.3) is 0 Å². The first-order valence-corrected chi connectivity index (χ1v) is 16.7. The number of hydrogen-bond acceptors (Lipinski definition) is 0. The van der Waals surface area contributed by atoms with Crippen LogP contribution in [0.4, 0.5) is 0 Å². The molecular weight excluding hydrogens is 432 g/mol. The van der Waals surface area contributed by atoms with E-state index in [1.807, 2.05) is 0 Å². The summed E-state index contributed by atoms with van der Waals surface area (Å²) < 4.78 is 0. The molecular formula is C36H72. The van der Waals surface area contributed by atoms with Crippen LogP contribution in [0.2, 0.25) is 0 Å². The van der Waals surface area contributed by atoms with Crippen molar-refractivity contribution in [3.63, 3.8) is 0 Å². The Bertz CT molecular complexity index is 573. The standard InChI is InChI=1S/C36H72/c1-12-25-35(10,26-13-2)33(6,7)34(8,9)36(11)28-22-18-14-16-20-24-31(3)30-32(4,5)27-21-17-15-19-23-29-36/h31H,12-30H2,1-11H3. The maximum absolute atomic E-state index is 2.70. The van der Waals surface area contributed by atoms with Crippen molar-refractivity contribution in [2.45, 2.75) is 198 Å². The molecule has 36 heavy (non-hydrogen) atoms. The predicted molar refractivity (Wildman–Crippen MR) is 166 cm³/mol. The number of hydrogen-bond donors (Lipinski definition) is 0. The molecule has 0 spiro atoms. The maximum atomic E-state index is 2.70. The van der Waals surface area contributed by atoms with Crippen LogP contribution in [-0.4, -0.2) is 0 Å². The molecule has 1 saturated carbocycles. The van der Waals surface area contributed by atoms with Gasteiger partial charge in [0.2, 0.25) is 0 Å². The van der Waals surface area contributed by atoms with Crippen molar-refractivity contribution in [1.29, 1.82) is 0 Å². The van der Waals surface area contributed by atoms with Gasteiger partial charge in [-0.05, 0) is 71.5 Å². The van der Waals surface area contributed by atoms with Gasteiger partial charge >= 0.3 is 0 Å². The zero-order chi connectivity index (χ0) is 27.5. The van der Waals surface area contributed by atoms with Crippen LogP contribution in [0.1, 0.15) is 198 Å². The summed E-state index contributed by atoms with van der Waals surface area (Å²) in [6.45, 7) is 28.4. The molecule has 0 radical (unpaired) electrons. The first kappa shape index (κ1) is 34.0. The van der Waals surface area contributed by atoms with E-state index in [-0.39, 0.29) is 0 Å². The van der Waals surface area contributed by atoms with Crippen molar-refractivity contribution in [3.05, 3.63) is 0 Å². The van der Waals surface area contributed by atoms with Crippen LogP contribution in [0.25, 0.3) is 0 Å². The minimum absolute atomic E-state index is 0.319. The molecule has 2 atom stereocenters. The summed E-state index contributed by atoms with van der Waals surface area (Å²) in [5, 5.41) is 0. The van der Waals surface area contributed by atoms with Crippen LogP contribution in [0, 0.1) is 33.0 Å². The molecule has 0 aromatic heterocycles. The van der Waals surface area contributed by atoms with Crippen molar-refractivity contribution in [3.8, 4) is 0 Å². The lowest BCUT2D eigenvalue weighted by molar-refractivity contribution is -0.123. The quantitative estimate of drug-likeness (QED) is 0.323. The van der Waals surface area contributed by atoms with E-state index in [0.717, 1.165) is 5.92 Å². The molecule has 0 aromatic rings. The first-order chi connectivity index (χ1) is 16.7. The normalized spacial score (nSPS) is 27.2. The molecule has 0 heterocycles. The second-order valence-electron chi connectivity index (χ2n) is 15.9. The summed E-state index contributed by atoms with van der Waals surface area (Å²) in [5.74, 6) is 0.894. The zero-order valence-electron chi connectivity index (χ0n) is 27.5. The van der Waals surface area contributed by atoms with E-state index < -0.39 is 0 Å². The Morgan fingerprint density at radius 3 is 1.50 bits per heavy atom. The number of rotatable bonds is 7. The Labute approximate surface area is 231 Å². The Balaban J connectivity index is 3.05. The van der Waals surface area contributed by atoms with Gasteiger partial charge in [0.15, 0.2) is 0 Å². The third-order valence-electron chi connectivity index (χ3n) is 12.1.